The first-order valence-corrected chi connectivity index (χ1v) is 45.5. The number of aliphatic carboxylic acids is 1. The number of rotatable bonds is 69. The van der Waals surface area contributed by atoms with E-state index in [9.17, 15) is 92.3 Å². The number of hydrogen-bond acceptors (Lipinski definition) is 25. The van der Waals surface area contributed by atoms with Crippen molar-refractivity contribution in [3.05, 3.63) is 48.0 Å². The van der Waals surface area contributed by atoms with Gasteiger partial charge in [0, 0.05) is 38.5 Å². The first kappa shape index (κ1) is 113. The van der Waals surface area contributed by atoms with Crippen LogP contribution in [0.1, 0.15) is 213 Å². The quantitative estimate of drug-likeness (QED) is 0.0173. The maximum atomic E-state index is 14.8. The third-order valence-electron chi connectivity index (χ3n) is 20.5. The molecule has 128 heavy (non-hydrogen) atoms. The van der Waals surface area contributed by atoms with Gasteiger partial charge in [0.2, 0.25) is 82.7 Å². The molecule has 1 aromatic carbocycles. The topological polar surface area (TPSA) is 750 Å². The SMILES string of the molecule is CCCCCCCCCC(=O)N[C@@H](CCCCN)C(=O)N[C@@H](CCCCN)C(=O)N[C@@H](CC(C)C)C(=O)N[C@@H](CCCNC(=N)N)C(=O)N[C@@H](CO)C(=O)N[C@@H](CCSC)C(=O)N[C@H](C(=O)N[C@@H](CC(=O)O)C(=O)N[C@@H](CCCCN)C(=O)N[C@@H](Cc1ccc(O)cc1)C(=O)N[C@@H](CCCNC(=N)N)C(=O)N[C@@H](CC(C)C)C(=O)N[C@@H](Cc1c[nH]cn1)C(N)=O)[C@@H](C)O. The minimum atomic E-state index is -2.10. The molecule has 0 saturated heterocycles. The maximum Gasteiger partial charge on any atom is 0.305 e. The number of primary amides is 1. The average Bonchev–Trinajstić information content (AvgIpc) is 0.869. The standard InChI is InChI=1S/C83H145N25O19S/c1-8-9-10-11-12-13-14-28-66(112)96-54(23-15-18-34-84)70(116)97-55(24-16-19-35-85)71(117)103-61(40-48(2)3)76(122)99-58(27-22-38-94-83(90)91)74(120)107-65(46-109)80(126)101-59(33-39-128-7)75(121)108-68(50(6)110)81(127)106-64(44-67(113)114)79(125)98-56(25-17-20-36-86)72(118)105-63(42-51-29-31-53(111)32-30-51)78(124)100-57(26-21-37-93-82(88)89)73(119)104-62(41-49(4)5)77(123)102-60(69(87)115)43-52-45-92-47-95-52/h29-32,45,47-50,54-65,68,109-111H,8-28,33-44,46,84-86H2,1-7H3,(H2,87,115)(H,92,95)(H,96,112)(H,97,116)(H,98,125)(H,99,122)(H,100,124)(H,101,126)(H,102,123)(H,103,117)(H,104,119)(H,105,118)(H,106,127)(H,107,120)(H,108,121)(H,113,114)(H4,88,89,93)(H4,90,91,94)/t50-,54+,55+,56+,57+,58+,59+,60+,61+,62+,63+,64+,65+,68+/m1/s1. The van der Waals surface area contributed by atoms with Crippen LogP contribution < -0.4 is 114 Å². The van der Waals surface area contributed by atoms with Gasteiger partial charge in [0.1, 0.15) is 84.3 Å². The van der Waals surface area contributed by atoms with E-state index < -0.39 is 192 Å². The van der Waals surface area contributed by atoms with E-state index in [1.54, 1.807) is 34.0 Å². The van der Waals surface area contributed by atoms with Gasteiger partial charge in [0.05, 0.1) is 31.2 Å². The van der Waals surface area contributed by atoms with Crippen molar-refractivity contribution in [3.8, 4) is 5.75 Å². The minimum Gasteiger partial charge on any atom is -0.508 e. The molecule has 1 heterocycles. The normalized spacial score (nSPS) is 14.5. The molecule has 0 fully saturated rings. The van der Waals surface area contributed by atoms with E-state index in [4.69, 9.17) is 45.2 Å². The number of nitrogens with two attached hydrogens (primary N) is 6. The van der Waals surface area contributed by atoms with Gasteiger partial charge >= 0.3 is 5.97 Å². The number of aromatic hydroxyl groups is 1. The Morgan fingerprint density at radius 2 is 0.805 bits per heavy atom. The number of guanidine groups is 2. The molecule has 14 amide bonds. The maximum absolute atomic E-state index is 14.8. The number of nitrogens with one attached hydrogen (secondary N) is 18. The summed E-state index contributed by atoms with van der Waals surface area (Å²) < 4.78 is 0. The summed E-state index contributed by atoms with van der Waals surface area (Å²) in [7, 11) is 0. The Kier molecular flexibility index (Phi) is 56.4. The summed E-state index contributed by atoms with van der Waals surface area (Å²) in [5, 5.41) is 96.1. The summed E-state index contributed by atoms with van der Waals surface area (Å²) in [5.74, 6) is -16.4. The predicted molar refractivity (Wildman–Crippen MR) is 481 cm³/mol. The molecule has 0 saturated carbocycles. The Balaban J connectivity index is 2.55. The van der Waals surface area contributed by atoms with Gasteiger partial charge in [-0.15, -0.1) is 0 Å². The number of carboxylic acids is 1. The zero-order valence-corrected chi connectivity index (χ0v) is 75.8. The molecule has 0 aliphatic heterocycles. The van der Waals surface area contributed by atoms with Crippen molar-refractivity contribution in [2.75, 3.05) is 51.3 Å². The van der Waals surface area contributed by atoms with Crippen molar-refractivity contribution in [1.29, 1.82) is 10.8 Å². The van der Waals surface area contributed by atoms with Gasteiger partial charge in [-0.2, -0.15) is 11.8 Å². The first-order chi connectivity index (χ1) is 60.8. The van der Waals surface area contributed by atoms with Crippen molar-refractivity contribution < 1.29 is 92.3 Å². The largest absolute Gasteiger partial charge is 0.508 e. The van der Waals surface area contributed by atoms with Crippen LogP contribution in [0.25, 0.3) is 0 Å². The molecule has 0 unspecified atom stereocenters. The molecule has 0 aliphatic rings. The van der Waals surface area contributed by atoms with Crippen molar-refractivity contribution in [2.24, 2.45) is 46.2 Å². The van der Waals surface area contributed by atoms with Gasteiger partial charge in [-0.05, 0) is 177 Å². The number of nitrogens with zero attached hydrogens (tertiary/aromatic N) is 1. The summed E-state index contributed by atoms with van der Waals surface area (Å²) in [4.78, 5) is 219. The number of benzene rings is 1. The number of carbonyl (C=O) groups is 15. The molecule has 44 nitrogen and oxygen atoms in total. The van der Waals surface area contributed by atoms with Crippen LogP contribution in [0, 0.1) is 22.7 Å². The van der Waals surface area contributed by atoms with E-state index in [0.29, 0.717) is 49.9 Å². The monoisotopic (exact) mass is 1830 g/mol. The number of phenolic OH excluding ortho intramolecular Hbond substituents is 1. The number of unbranched alkanes of at least 4 members (excludes halogenated alkanes) is 9. The van der Waals surface area contributed by atoms with Crippen LogP contribution in [-0.4, -0.2) is 267 Å². The Morgan fingerprint density at radius 1 is 0.438 bits per heavy atom. The number of phenols is 1. The van der Waals surface area contributed by atoms with Crippen molar-refractivity contribution >= 4 is 112 Å². The van der Waals surface area contributed by atoms with Crippen LogP contribution >= 0.6 is 11.8 Å². The van der Waals surface area contributed by atoms with Gasteiger partial charge in [0.25, 0.3) is 0 Å². The summed E-state index contributed by atoms with van der Waals surface area (Å²) >= 11 is 1.20. The minimum absolute atomic E-state index is 0.00189. The Hall–Kier alpha value is -11.0. The van der Waals surface area contributed by atoms with Gasteiger partial charge in [-0.1, -0.05) is 85.3 Å². The Morgan fingerprint density at radius 3 is 1.20 bits per heavy atom. The number of H-pyrrole nitrogens is 1. The average molecular weight is 1830 g/mol. The number of thioether (sulfide) groups is 1. The Bertz CT molecular complexity index is 3790. The zero-order valence-electron chi connectivity index (χ0n) is 75.0. The molecule has 34 N–H and O–H groups in total. The summed E-state index contributed by atoms with van der Waals surface area (Å²) in [6.45, 7) is 9.83. The lowest BCUT2D eigenvalue weighted by molar-refractivity contribution is -0.142. The van der Waals surface area contributed by atoms with Crippen molar-refractivity contribution in [3.63, 3.8) is 0 Å². The number of aromatic amines is 1. The molecule has 0 radical (unpaired) electrons. The van der Waals surface area contributed by atoms with E-state index in [1.807, 2.05) is 0 Å². The highest BCUT2D eigenvalue weighted by Crippen LogP contribution is 2.18. The summed E-state index contributed by atoms with van der Waals surface area (Å²) in [5.41, 5.74) is 34.9. The van der Waals surface area contributed by atoms with Gasteiger partial charge in [-0.25, -0.2) is 4.98 Å². The lowest BCUT2D eigenvalue weighted by atomic mass is 10.0. The van der Waals surface area contributed by atoms with E-state index in [0.717, 1.165) is 45.4 Å². The summed E-state index contributed by atoms with van der Waals surface area (Å²) in [6.07, 6.45) is 9.91. The highest BCUT2D eigenvalue weighted by atomic mass is 32.2. The van der Waals surface area contributed by atoms with E-state index in [-0.39, 0.29) is 152 Å². The number of imidazole rings is 1. The molecule has 1 aromatic heterocycles. The second kappa shape index (κ2) is 63.8. The fourth-order valence-corrected chi connectivity index (χ4v) is 13.9. The van der Waals surface area contributed by atoms with E-state index in [1.165, 1.54) is 48.6 Å². The van der Waals surface area contributed by atoms with E-state index >= 15 is 0 Å². The van der Waals surface area contributed by atoms with Crippen LogP contribution in [-0.2, 0) is 84.8 Å². The molecule has 14 atom stereocenters. The van der Waals surface area contributed by atoms with Crippen molar-refractivity contribution in [1.82, 2.24) is 89.7 Å². The number of amides is 14. The second-order valence-corrected chi connectivity index (χ2v) is 33.6. The molecular formula is C83H145N25O19S. The number of hydrogen-bond donors (Lipinski definition) is 28. The highest BCUT2D eigenvalue weighted by Gasteiger charge is 2.40. The smallest absolute Gasteiger partial charge is 0.305 e. The van der Waals surface area contributed by atoms with Gasteiger partial charge < -0.3 is 140 Å². The third kappa shape index (κ3) is 47.1. The van der Waals surface area contributed by atoms with Crippen molar-refractivity contribution in [2.45, 2.75) is 300 Å². The number of aromatic nitrogens is 2. The van der Waals surface area contributed by atoms with Gasteiger partial charge in [0.15, 0.2) is 11.9 Å². The molecular weight excluding hydrogens is 1680 g/mol. The second-order valence-electron chi connectivity index (χ2n) is 32.6. The zero-order chi connectivity index (χ0) is 95.8. The fourth-order valence-electron chi connectivity index (χ4n) is 13.4. The van der Waals surface area contributed by atoms with Crippen LogP contribution in [0.2, 0.25) is 0 Å². The number of aliphatic hydroxyl groups excluding tert-OH is 2. The lowest BCUT2D eigenvalue weighted by Crippen LogP contribution is -2.62. The van der Waals surface area contributed by atoms with Crippen LogP contribution in [0.15, 0.2) is 36.8 Å². The molecule has 0 spiro atoms. The Labute approximate surface area is 752 Å². The van der Waals surface area contributed by atoms with Crippen LogP contribution in [0.5, 0.6) is 5.75 Å². The fraction of sp³-hybridized carbons (Fsp3) is 0.687. The molecule has 722 valence electrons. The van der Waals surface area contributed by atoms with E-state index in [2.05, 4.69) is 96.6 Å². The van der Waals surface area contributed by atoms with Gasteiger partial charge in [-0.3, -0.25) is 82.7 Å². The summed E-state index contributed by atoms with van der Waals surface area (Å²) in [6, 6.07) is -14.8. The predicted octanol–water partition coefficient (Wildman–Crippen LogP) is -3.56. The highest BCUT2D eigenvalue weighted by molar-refractivity contribution is 7.98. The number of aliphatic hydroxyl groups is 2. The first-order valence-electron chi connectivity index (χ1n) is 44.1. The third-order valence-corrected chi connectivity index (χ3v) is 21.1. The van der Waals surface area contributed by atoms with Crippen LogP contribution in [0.3, 0.4) is 0 Å². The molecule has 45 heteroatoms. The van der Waals surface area contributed by atoms with Crippen LogP contribution in [0.4, 0.5) is 0 Å². The number of carbonyl (C=O) groups excluding carboxylic acids is 14. The molecule has 2 rings (SSSR count). The number of carboxylic acid groups (broad SMARTS) is 1. The molecule has 0 bridgehead atoms. The molecule has 2 aromatic rings. The molecule has 0 aliphatic carbocycles. The lowest BCUT2D eigenvalue weighted by Gasteiger charge is -2.29.